The van der Waals surface area contributed by atoms with Crippen LogP contribution in [0.4, 0.5) is 5.69 Å². The van der Waals surface area contributed by atoms with E-state index >= 15 is 0 Å². The molecule has 11 heteroatoms. The summed E-state index contributed by atoms with van der Waals surface area (Å²) in [6.45, 7) is 1.43. The van der Waals surface area contributed by atoms with E-state index in [1.807, 2.05) is 0 Å². The number of nitrogens with one attached hydrogen (secondary N) is 2. The van der Waals surface area contributed by atoms with Crippen LogP contribution in [-0.2, 0) is 25.6 Å². The van der Waals surface area contributed by atoms with E-state index in [2.05, 4.69) is 9.71 Å². The minimum absolute atomic E-state index is 0.191. The molecule has 25 heavy (non-hydrogen) atoms. The Morgan fingerprint density at radius 1 is 1.04 bits per heavy atom. The zero-order valence-electron chi connectivity index (χ0n) is 12.9. The number of benzene rings is 1. The van der Waals surface area contributed by atoms with Crippen molar-refractivity contribution in [1.82, 2.24) is 4.98 Å². The highest BCUT2D eigenvalue weighted by Gasteiger charge is 2.17. The Labute approximate surface area is 155 Å². The number of hydrogen-bond acceptors (Lipinski definition) is 5. The third-order valence-electron chi connectivity index (χ3n) is 3.14. The van der Waals surface area contributed by atoms with Crippen LogP contribution < -0.4 is 10.3 Å². The van der Waals surface area contributed by atoms with Crippen LogP contribution in [0.2, 0.25) is 10.0 Å². The number of anilines is 1. The van der Waals surface area contributed by atoms with Crippen LogP contribution in [0.25, 0.3) is 0 Å². The Bertz CT molecular complexity index is 1040. The number of H-pyrrole nitrogens is 1. The molecule has 1 heterocycles. The molecule has 2 aromatic rings. The molecule has 0 saturated carbocycles. The summed E-state index contributed by atoms with van der Waals surface area (Å²) in [5.74, 6) is -0.648. The normalized spacial score (nSPS) is 12.1. The highest BCUT2D eigenvalue weighted by molar-refractivity contribution is 7.92. The highest BCUT2D eigenvalue weighted by atomic mass is 35.5. The molecular formula is C14H14Cl2N2O5S2. The number of hydrogen-bond donors (Lipinski definition) is 2. The Kier molecular flexibility index (Phi) is 5.82. The molecule has 0 saturated heterocycles. The number of halogens is 2. The van der Waals surface area contributed by atoms with Crippen LogP contribution in [0.15, 0.2) is 40.2 Å². The molecule has 0 aliphatic heterocycles. The molecule has 0 spiro atoms. The van der Waals surface area contributed by atoms with Crippen molar-refractivity contribution in [2.75, 3.05) is 10.5 Å². The molecule has 0 aliphatic carbocycles. The number of aromatic nitrogens is 1. The second-order valence-corrected chi connectivity index (χ2v) is 9.95. The zero-order valence-corrected chi connectivity index (χ0v) is 16.1. The molecule has 0 aliphatic rings. The van der Waals surface area contributed by atoms with E-state index in [0.29, 0.717) is 5.56 Å². The van der Waals surface area contributed by atoms with Crippen molar-refractivity contribution < 1.29 is 16.8 Å². The van der Waals surface area contributed by atoms with Crippen LogP contribution in [0.1, 0.15) is 12.5 Å². The van der Waals surface area contributed by atoms with Crippen LogP contribution in [-0.4, -0.2) is 27.6 Å². The SMILES string of the molecule is CCS(=O)(=O)c1ccc(NS(=O)(=O)Cc2cc(Cl)cc(Cl)c2)c(=O)[nH]1. The van der Waals surface area contributed by atoms with Crippen LogP contribution in [0.3, 0.4) is 0 Å². The summed E-state index contributed by atoms with van der Waals surface area (Å²) in [6.07, 6.45) is 0. The molecule has 1 aromatic heterocycles. The minimum atomic E-state index is -3.93. The van der Waals surface area contributed by atoms with Gasteiger partial charge in [0.1, 0.15) is 10.7 Å². The predicted molar refractivity (Wildman–Crippen MR) is 97.5 cm³/mol. The maximum Gasteiger partial charge on any atom is 0.273 e. The fraction of sp³-hybridized carbons (Fsp3) is 0.214. The molecule has 0 unspecified atom stereocenters. The van der Waals surface area contributed by atoms with Crippen molar-refractivity contribution >= 4 is 48.7 Å². The molecule has 0 amide bonds. The van der Waals surface area contributed by atoms with Crippen LogP contribution in [0, 0.1) is 0 Å². The van der Waals surface area contributed by atoms with Crippen molar-refractivity contribution in [3.63, 3.8) is 0 Å². The molecule has 2 N–H and O–H groups in total. The number of sulfonamides is 1. The van der Waals surface area contributed by atoms with Gasteiger partial charge in [0, 0.05) is 10.0 Å². The second kappa shape index (κ2) is 7.36. The molecule has 2 rings (SSSR count). The largest absolute Gasteiger partial charge is 0.311 e. The van der Waals surface area contributed by atoms with E-state index in [1.54, 1.807) is 0 Å². The van der Waals surface area contributed by atoms with E-state index in [1.165, 1.54) is 25.1 Å². The van der Waals surface area contributed by atoms with Gasteiger partial charge < -0.3 is 4.98 Å². The monoisotopic (exact) mass is 424 g/mol. The Morgan fingerprint density at radius 3 is 2.16 bits per heavy atom. The van der Waals surface area contributed by atoms with Gasteiger partial charge in [0.15, 0.2) is 9.84 Å². The molecular weight excluding hydrogens is 411 g/mol. The van der Waals surface area contributed by atoms with Crippen LogP contribution in [0.5, 0.6) is 0 Å². The minimum Gasteiger partial charge on any atom is -0.311 e. The predicted octanol–water partition coefficient (Wildman–Crippen LogP) is 2.42. The van der Waals surface area contributed by atoms with Gasteiger partial charge in [-0.2, -0.15) is 0 Å². The van der Waals surface area contributed by atoms with Gasteiger partial charge in [-0.1, -0.05) is 30.1 Å². The molecule has 7 nitrogen and oxygen atoms in total. The summed E-state index contributed by atoms with van der Waals surface area (Å²) in [6, 6.07) is 6.57. The average molecular weight is 425 g/mol. The summed E-state index contributed by atoms with van der Waals surface area (Å²) in [5.41, 5.74) is -0.808. The van der Waals surface area contributed by atoms with Crippen molar-refractivity contribution in [3.05, 3.63) is 56.3 Å². The topological polar surface area (TPSA) is 113 Å². The molecule has 0 fully saturated rings. The number of aromatic amines is 1. The smallest absolute Gasteiger partial charge is 0.273 e. The third-order valence-corrected chi connectivity index (χ3v) is 6.49. The van der Waals surface area contributed by atoms with Crippen molar-refractivity contribution in [1.29, 1.82) is 0 Å². The fourth-order valence-electron chi connectivity index (χ4n) is 1.99. The fourth-order valence-corrected chi connectivity index (χ4v) is 4.57. The molecule has 0 bridgehead atoms. The maximum atomic E-state index is 12.2. The number of pyridine rings is 1. The lowest BCUT2D eigenvalue weighted by atomic mass is 10.2. The van der Waals surface area contributed by atoms with Gasteiger partial charge in [-0.15, -0.1) is 0 Å². The summed E-state index contributed by atoms with van der Waals surface area (Å²) < 4.78 is 50.0. The number of rotatable bonds is 6. The van der Waals surface area contributed by atoms with Gasteiger partial charge >= 0.3 is 0 Å². The quantitative estimate of drug-likeness (QED) is 0.738. The Hall–Kier alpha value is -1.55. The maximum absolute atomic E-state index is 12.2. The summed E-state index contributed by atoms with van der Waals surface area (Å²) >= 11 is 11.7. The van der Waals surface area contributed by atoms with E-state index in [4.69, 9.17) is 23.2 Å². The van der Waals surface area contributed by atoms with E-state index in [0.717, 1.165) is 12.1 Å². The average Bonchev–Trinajstić information content (AvgIpc) is 2.47. The third kappa shape index (κ3) is 5.21. The number of sulfone groups is 1. The lowest BCUT2D eigenvalue weighted by Gasteiger charge is -2.09. The molecule has 1 aromatic carbocycles. The summed E-state index contributed by atoms with van der Waals surface area (Å²) in [5, 5.41) is 0.291. The van der Waals surface area contributed by atoms with Crippen molar-refractivity contribution in [2.24, 2.45) is 0 Å². The van der Waals surface area contributed by atoms with Crippen molar-refractivity contribution in [3.8, 4) is 0 Å². The highest BCUT2D eigenvalue weighted by Crippen LogP contribution is 2.21. The van der Waals surface area contributed by atoms with Crippen molar-refractivity contribution in [2.45, 2.75) is 17.7 Å². The molecule has 0 radical (unpaired) electrons. The molecule has 136 valence electrons. The van der Waals surface area contributed by atoms with Crippen LogP contribution >= 0.6 is 23.2 Å². The van der Waals surface area contributed by atoms with Gasteiger partial charge in [0.2, 0.25) is 10.0 Å². The lowest BCUT2D eigenvalue weighted by molar-refractivity contribution is 0.593. The lowest BCUT2D eigenvalue weighted by Crippen LogP contribution is -2.23. The first kappa shape index (κ1) is 19.8. The first-order valence-corrected chi connectivity index (χ1v) is 11.0. The second-order valence-electron chi connectivity index (χ2n) is 5.11. The van der Waals surface area contributed by atoms with E-state index in [9.17, 15) is 21.6 Å². The zero-order chi connectivity index (χ0) is 18.8. The van der Waals surface area contributed by atoms with E-state index < -0.39 is 31.2 Å². The Balaban J connectivity index is 2.27. The van der Waals surface area contributed by atoms with Gasteiger partial charge in [-0.25, -0.2) is 16.8 Å². The van der Waals surface area contributed by atoms with Gasteiger partial charge in [0.05, 0.1) is 11.5 Å². The molecule has 0 atom stereocenters. The van der Waals surface area contributed by atoms with Gasteiger partial charge in [-0.3, -0.25) is 9.52 Å². The van der Waals surface area contributed by atoms with E-state index in [-0.39, 0.29) is 26.5 Å². The van der Waals surface area contributed by atoms with Gasteiger partial charge in [0.25, 0.3) is 5.56 Å². The Morgan fingerprint density at radius 2 is 1.64 bits per heavy atom. The van der Waals surface area contributed by atoms with Gasteiger partial charge in [-0.05, 0) is 35.9 Å². The first-order valence-electron chi connectivity index (χ1n) is 6.94. The summed E-state index contributed by atoms with van der Waals surface area (Å²) in [7, 11) is -7.54. The first-order chi connectivity index (χ1) is 11.5. The summed E-state index contributed by atoms with van der Waals surface area (Å²) in [4.78, 5) is 14.1. The standard InChI is InChI=1S/C14H14Cl2N2O5S2/c1-2-24(20,21)13-4-3-12(14(19)17-13)18-25(22,23)8-9-5-10(15)7-11(16)6-9/h3-7,18H,2,8H2,1H3,(H,17,19).